The number of hydrogen-bond acceptors (Lipinski definition) is 1. The first-order chi connectivity index (χ1) is 7.31. The van der Waals surface area contributed by atoms with Crippen LogP contribution in [-0.2, 0) is 6.42 Å². The number of aryl methyl sites for hydroxylation is 1. The monoisotopic (exact) mass is 203 g/mol. The van der Waals surface area contributed by atoms with Gasteiger partial charge in [-0.25, -0.2) is 0 Å². The second-order valence-electron chi connectivity index (χ2n) is 4.65. The van der Waals surface area contributed by atoms with E-state index in [4.69, 9.17) is 5.73 Å². The lowest BCUT2D eigenvalue weighted by molar-refractivity contribution is 0.443. The summed E-state index contributed by atoms with van der Waals surface area (Å²) in [5, 5.41) is 0. The van der Waals surface area contributed by atoms with E-state index in [-0.39, 0.29) is 0 Å². The van der Waals surface area contributed by atoms with Crippen molar-refractivity contribution in [3.05, 3.63) is 29.3 Å². The molecule has 0 atom stereocenters. The number of anilines is 1. The average Bonchev–Trinajstić information content (AvgIpc) is 2.31. The molecular weight excluding hydrogens is 182 g/mol. The Morgan fingerprint density at radius 1 is 1.20 bits per heavy atom. The molecule has 0 heterocycles. The van der Waals surface area contributed by atoms with Crippen molar-refractivity contribution in [2.24, 2.45) is 0 Å². The van der Waals surface area contributed by atoms with Crippen molar-refractivity contribution >= 4 is 5.69 Å². The standard InChI is InChI=1S/C14H21N/c1-2-11-10-13(8-9-14(11)15)12-6-4-3-5-7-12/h8-10,12H,2-7,15H2,1H3. The van der Waals surface area contributed by atoms with Gasteiger partial charge in [0.05, 0.1) is 0 Å². The van der Waals surface area contributed by atoms with Crippen molar-refractivity contribution in [3.63, 3.8) is 0 Å². The normalized spacial score (nSPS) is 17.9. The van der Waals surface area contributed by atoms with Crippen LogP contribution < -0.4 is 5.73 Å². The molecular formula is C14H21N. The minimum atomic E-state index is 0.796. The molecule has 1 aromatic carbocycles. The second kappa shape index (κ2) is 4.69. The molecule has 1 saturated carbocycles. The van der Waals surface area contributed by atoms with Crippen LogP contribution in [0.2, 0.25) is 0 Å². The fraction of sp³-hybridized carbons (Fsp3) is 0.571. The van der Waals surface area contributed by atoms with Crippen molar-refractivity contribution in [1.82, 2.24) is 0 Å². The van der Waals surface area contributed by atoms with Crippen molar-refractivity contribution in [1.29, 1.82) is 0 Å². The molecule has 1 fully saturated rings. The number of nitrogens with two attached hydrogens (primary N) is 1. The van der Waals surface area contributed by atoms with E-state index in [2.05, 4.69) is 25.1 Å². The molecule has 1 aliphatic carbocycles. The Labute approximate surface area is 92.7 Å². The summed E-state index contributed by atoms with van der Waals surface area (Å²) in [7, 11) is 0. The second-order valence-corrected chi connectivity index (χ2v) is 4.65. The van der Waals surface area contributed by atoms with Gasteiger partial charge in [0.15, 0.2) is 0 Å². The minimum absolute atomic E-state index is 0.796. The van der Waals surface area contributed by atoms with E-state index in [1.165, 1.54) is 43.2 Å². The van der Waals surface area contributed by atoms with E-state index in [9.17, 15) is 0 Å². The SMILES string of the molecule is CCc1cc(C2CCCCC2)ccc1N. The first-order valence-electron chi connectivity index (χ1n) is 6.19. The molecule has 0 aliphatic heterocycles. The summed E-state index contributed by atoms with van der Waals surface area (Å²) in [5.74, 6) is 0.796. The molecule has 0 spiro atoms. The predicted molar refractivity (Wildman–Crippen MR) is 66.1 cm³/mol. The van der Waals surface area contributed by atoms with Crippen LogP contribution in [-0.4, -0.2) is 0 Å². The Bertz CT molecular complexity index is 324. The zero-order chi connectivity index (χ0) is 10.7. The van der Waals surface area contributed by atoms with Gasteiger partial charge in [0.25, 0.3) is 0 Å². The van der Waals surface area contributed by atoms with E-state index < -0.39 is 0 Å². The van der Waals surface area contributed by atoms with Crippen molar-refractivity contribution < 1.29 is 0 Å². The third-order valence-corrected chi connectivity index (χ3v) is 3.62. The molecule has 2 N–H and O–H groups in total. The third-order valence-electron chi connectivity index (χ3n) is 3.62. The first kappa shape index (κ1) is 10.5. The van der Waals surface area contributed by atoms with Gasteiger partial charge >= 0.3 is 0 Å². The summed E-state index contributed by atoms with van der Waals surface area (Å²) in [4.78, 5) is 0. The lowest BCUT2D eigenvalue weighted by Gasteiger charge is -2.22. The van der Waals surface area contributed by atoms with Crippen molar-refractivity contribution in [3.8, 4) is 0 Å². The summed E-state index contributed by atoms with van der Waals surface area (Å²) in [6, 6.07) is 6.64. The highest BCUT2D eigenvalue weighted by atomic mass is 14.6. The maximum absolute atomic E-state index is 5.93. The number of benzene rings is 1. The molecule has 0 radical (unpaired) electrons. The highest BCUT2D eigenvalue weighted by Gasteiger charge is 2.15. The average molecular weight is 203 g/mol. The Balaban J connectivity index is 2.20. The van der Waals surface area contributed by atoms with Gasteiger partial charge < -0.3 is 5.73 Å². The summed E-state index contributed by atoms with van der Waals surface area (Å²) < 4.78 is 0. The van der Waals surface area contributed by atoms with Crippen LogP contribution in [0.5, 0.6) is 0 Å². The van der Waals surface area contributed by atoms with Crippen LogP contribution in [0.1, 0.15) is 56.1 Å². The van der Waals surface area contributed by atoms with Crippen LogP contribution in [0.3, 0.4) is 0 Å². The third kappa shape index (κ3) is 2.34. The molecule has 82 valence electrons. The fourth-order valence-corrected chi connectivity index (χ4v) is 2.62. The predicted octanol–water partition coefficient (Wildman–Crippen LogP) is 3.88. The van der Waals surface area contributed by atoms with Crippen molar-refractivity contribution in [2.45, 2.75) is 51.4 Å². The molecule has 0 unspecified atom stereocenters. The highest BCUT2D eigenvalue weighted by molar-refractivity contribution is 5.49. The van der Waals surface area contributed by atoms with E-state index in [1.807, 2.05) is 0 Å². The maximum atomic E-state index is 5.93. The largest absolute Gasteiger partial charge is 0.399 e. The van der Waals surface area contributed by atoms with E-state index in [1.54, 1.807) is 0 Å². The van der Waals surface area contributed by atoms with Gasteiger partial charge in [0, 0.05) is 5.69 Å². The summed E-state index contributed by atoms with van der Waals surface area (Å²) >= 11 is 0. The summed E-state index contributed by atoms with van der Waals surface area (Å²) in [5.41, 5.74) is 9.72. The summed E-state index contributed by atoms with van der Waals surface area (Å²) in [6.45, 7) is 2.18. The molecule has 1 heteroatoms. The molecule has 1 nitrogen and oxygen atoms in total. The molecule has 1 aliphatic rings. The zero-order valence-corrected chi connectivity index (χ0v) is 9.63. The van der Waals surface area contributed by atoms with E-state index >= 15 is 0 Å². The van der Waals surface area contributed by atoms with Gasteiger partial charge in [-0.15, -0.1) is 0 Å². The lowest BCUT2D eigenvalue weighted by Crippen LogP contribution is -2.05. The fourth-order valence-electron chi connectivity index (χ4n) is 2.62. The Morgan fingerprint density at radius 3 is 2.60 bits per heavy atom. The van der Waals surface area contributed by atoms with Crippen LogP contribution in [0.15, 0.2) is 18.2 Å². The van der Waals surface area contributed by atoms with Gasteiger partial charge in [-0.3, -0.25) is 0 Å². The number of rotatable bonds is 2. The van der Waals surface area contributed by atoms with Crippen LogP contribution in [0.4, 0.5) is 5.69 Å². The van der Waals surface area contributed by atoms with Crippen molar-refractivity contribution in [2.75, 3.05) is 5.73 Å². The zero-order valence-electron chi connectivity index (χ0n) is 9.63. The van der Waals surface area contributed by atoms with Crippen LogP contribution in [0, 0.1) is 0 Å². The molecule has 1 aromatic rings. The molecule has 0 aromatic heterocycles. The van der Waals surface area contributed by atoms with E-state index in [0.717, 1.165) is 18.0 Å². The van der Waals surface area contributed by atoms with Gasteiger partial charge in [0.1, 0.15) is 0 Å². The van der Waals surface area contributed by atoms with Crippen LogP contribution in [0.25, 0.3) is 0 Å². The molecule has 15 heavy (non-hydrogen) atoms. The van der Waals surface area contributed by atoms with Gasteiger partial charge in [-0.05, 0) is 42.4 Å². The van der Waals surface area contributed by atoms with E-state index in [0.29, 0.717) is 0 Å². The molecule has 2 rings (SSSR count). The molecule has 0 saturated heterocycles. The van der Waals surface area contributed by atoms with Gasteiger partial charge in [-0.2, -0.15) is 0 Å². The van der Waals surface area contributed by atoms with Gasteiger partial charge in [-0.1, -0.05) is 38.3 Å². The smallest absolute Gasteiger partial charge is 0.0346 e. The first-order valence-corrected chi connectivity index (χ1v) is 6.19. The maximum Gasteiger partial charge on any atom is 0.0346 e. The molecule has 0 amide bonds. The quantitative estimate of drug-likeness (QED) is 0.725. The van der Waals surface area contributed by atoms with Crippen LogP contribution >= 0.6 is 0 Å². The Hall–Kier alpha value is -0.980. The topological polar surface area (TPSA) is 26.0 Å². The van der Waals surface area contributed by atoms with Gasteiger partial charge in [0.2, 0.25) is 0 Å². The number of hydrogen-bond donors (Lipinski definition) is 1. The number of nitrogen functional groups attached to an aromatic ring is 1. The minimum Gasteiger partial charge on any atom is -0.399 e. The lowest BCUT2D eigenvalue weighted by atomic mass is 9.83. The Morgan fingerprint density at radius 2 is 1.93 bits per heavy atom. The highest BCUT2D eigenvalue weighted by Crippen LogP contribution is 2.33. The molecule has 0 bridgehead atoms. The summed E-state index contributed by atoms with van der Waals surface area (Å²) in [6.07, 6.45) is 8.01. The Kier molecular flexibility index (Phi) is 3.30.